The molecule has 0 saturated carbocycles. The van der Waals surface area contributed by atoms with Crippen molar-refractivity contribution in [1.29, 1.82) is 0 Å². The van der Waals surface area contributed by atoms with Crippen molar-refractivity contribution in [1.82, 2.24) is 0 Å². The fourth-order valence-electron chi connectivity index (χ4n) is 11.7. The van der Waals surface area contributed by atoms with E-state index in [9.17, 15) is 0 Å². The van der Waals surface area contributed by atoms with Crippen LogP contribution in [0.5, 0.6) is 0 Å². The van der Waals surface area contributed by atoms with E-state index in [1.54, 1.807) is 0 Å². The van der Waals surface area contributed by atoms with Crippen LogP contribution in [0.3, 0.4) is 0 Å². The molecule has 11 aromatic carbocycles. The molecule has 0 aromatic heterocycles. The van der Waals surface area contributed by atoms with Gasteiger partial charge in [0.05, 0.1) is 0 Å². The maximum atomic E-state index is 2.60. The highest BCUT2D eigenvalue weighted by molar-refractivity contribution is 6.31. The van der Waals surface area contributed by atoms with Crippen LogP contribution in [0.2, 0.25) is 0 Å². The summed E-state index contributed by atoms with van der Waals surface area (Å²) in [6.45, 7) is 28.4. The SMILES string of the molecule is CC(C)(C)c1cc(-c2c3c(c(-c4cc(C(C)(C)C)cc(C(C)(C)C)c4)c4cc(-c5ccc6ccccc6c5)c(-c5ccc6ccccc6c5)cc24)-c2cc4ccccc4c4cccc-3c24)cc(C(C)(C)C)c1. The smallest absolute Gasteiger partial charge is 0.000719 e. The normalized spacial score (nSPS) is 13.0. The van der Waals surface area contributed by atoms with Crippen molar-refractivity contribution in [3.05, 3.63) is 204 Å². The van der Waals surface area contributed by atoms with Crippen molar-refractivity contribution < 1.29 is 0 Å². The number of rotatable bonds is 4. The Morgan fingerprint density at radius 1 is 0.222 bits per heavy atom. The second-order valence-corrected chi connectivity index (χ2v) is 25.0. The molecule has 0 N–H and O–H groups in total. The van der Waals surface area contributed by atoms with E-state index in [-0.39, 0.29) is 21.7 Å². The predicted octanol–water partition coefficient (Wildman–Crippen LogP) is 21.0. The molecule has 0 heteroatoms. The second kappa shape index (κ2) is 16.1. The minimum absolute atomic E-state index is 0.0775. The van der Waals surface area contributed by atoms with Gasteiger partial charge in [0.25, 0.3) is 0 Å². The highest BCUT2D eigenvalue weighted by Gasteiger charge is 2.34. The van der Waals surface area contributed by atoms with Gasteiger partial charge in [0.15, 0.2) is 0 Å². The number of hydrogen-bond acceptors (Lipinski definition) is 0. The average Bonchev–Trinajstić information content (AvgIpc) is 3.67. The van der Waals surface area contributed by atoms with Gasteiger partial charge in [0.1, 0.15) is 0 Å². The number of hydrogen-bond donors (Lipinski definition) is 0. The molecule has 1 aliphatic rings. The molecular formula is C72H66. The van der Waals surface area contributed by atoms with E-state index in [1.807, 2.05) is 0 Å². The Labute approximate surface area is 427 Å². The van der Waals surface area contributed by atoms with E-state index in [0.717, 1.165) is 0 Å². The molecule has 354 valence electrons. The largest absolute Gasteiger partial charge is 0.0616 e. The molecular weight excluding hydrogens is 865 g/mol. The van der Waals surface area contributed by atoms with E-state index < -0.39 is 0 Å². The van der Waals surface area contributed by atoms with Crippen LogP contribution in [0.15, 0.2) is 182 Å². The van der Waals surface area contributed by atoms with Gasteiger partial charge in [-0.2, -0.15) is 0 Å². The fourth-order valence-corrected chi connectivity index (χ4v) is 11.7. The minimum atomic E-state index is -0.0790. The van der Waals surface area contributed by atoms with Gasteiger partial charge in [-0.05, 0) is 195 Å². The Bertz CT molecular complexity index is 3980. The van der Waals surface area contributed by atoms with Gasteiger partial charge in [-0.25, -0.2) is 0 Å². The second-order valence-electron chi connectivity index (χ2n) is 25.0. The summed E-state index contributed by atoms with van der Waals surface area (Å²) in [5.74, 6) is 0. The van der Waals surface area contributed by atoms with Gasteiger partial charge in [0.2, 0.25) is 0 Å². The third kappa shape index (κ3) is 7.56. The number of benzene rings is 11. The molecule has 0 heterocycles. The zero-order chi connectivity index (χ0) is 50.2. The zero-order valence-electron chi connectivity index (χ0n) is 44.3. The molecule has 0 bridgehead atoms. The molecule has 11 aromatic rings. The van der Waals surface area contributed by atoms with Crippen LogP contribution in [0.25, 0.3) is 121 Å². The molecule has 72 heavy (non-hydrogen) atoms. The van der Waals surface area contributed by atoms with Crippen molar-refractivity contribution in [2.45, 2.75) is 105 Å². The van der Waals surface area contributed by atoms with Crippen molar-refractivity contribution in [3.8, 4) is 66.8 Å². The van der Waals surface area contributed by atoms with E-state index in [4.69, 9.17) is 0 Å². The molecule has 0 aliphatic heterocycles. The van der Waals surface area contributed by atoms with Crippen molar-refractivity contribution in [2.24, 2.45) is 0 Å². The maximum absolute atomic E-state index is 2.60. The first-order valence-electron chi connectivity index (χ1n) is 26.1. The summed E-state index contributed by atoms with van der Waals surface area (Å²) < 4.78 is 0. The Kier molecular flexibility index (Phi) is 10.3. The summed E-state index contributed by atoms with van der Waals surface area (Å²) in [7, 11) is 0. The lowest BCUT2D eigenvalue weighted by Crippen LogP contribution is -2.17. The third-order valence-electron chi connectivity index (χ3n) is 15.9. The van der Waals surface area contributed by atoms with E-state index in [0.29, 0.717) is 0 Å². The lowest BCUT2D eigenvalue weighted by atomic mass is 9.75. The molecule has 0 nitrogen and oxygen atoms in total. The first kappa shape index (κ1) is 45.8. The molecule has 0 saturated heterocycles. The molecule has 1 aliphatic carbocycles. The average molecular weight is 931 g/mol. The highest BCUT2D eigenvalue weighted by Crippen LogP contribution is 2.60. The highest BCUT2D eigenvalue weighted by atomic mass is 14.4. The van der Waals surface area contributed by atoms with Crippen molar-refractivity contribution in [2.75, 3.05) is 0 Å². The van der Waals surface area contributed by atoms with Crippen LogP contribution < -0.4 is 0 Å². The number of fused-ring (bicyclic) bond motifs is 8. The molecule has 12 rings (SSSR count). The fraction of sp³-hybridized carbons (Fsp3) is 0.222. The zero-order valence-corrected chi connectivity index (χ0v) is 44.3. The van der Waals surface area contributed by atoms with E-state index in [2.05, 4.69) is 265 Å². The van der Waals surface area contributed by atoms with Gasteiger partial charge >= 0.3 is 0 Å². The molecule has 0 spiro atoms. The van der Waals surface area contributed by atoms with Crippen molar-refractivity contribution >= 4 is 53.9 Å². The Hall–Kier alpha value is -7.28. The molecule has 0 radical (unpaired) electrons. The van der Waals surface area contributed by atoms with Crippen LogP contribution >= 0.6 is 0 Å². The molecule has 0 fully saturated rings. The van der Waals surface area contributed by atoms with Crippen LogP contribution in [-0.2, 0) is 21.7 Å². The van der Waals surface area contributed by atoms with Gasteiger partial charge in [-0.15, -0.1) is 0 Å². The van der Waals surface area contributed by atoms with Crippen LogP contribution in [0.1, 0.15) is 105 Å². The third-order valence-corrected chi connectivity index (χ3v) is 15.9. The summed E-state index contributed by atoms with van der Waals surface area (Å²) >= 11 is 0. The van der Waals surface area contributed by atoms with E-state index >= 15 is 0 Å². The molecule has 0 amide bonds. The summed E-state index contributed by atoms with van der Waals surface area (Å²) in [4.78, 5) is 0. The summed E-state index contributed by atoms with van der Waals surface area (Å²) in [6, 6.07) is 70.7. The first-order valence-corrected chi connectivity index (χ1v) is 26.1. The monoisotopic (exact) mass is 931 g/mol. The van der Waals surface area contributed by atoms with Gasteiger partial charge < -0.3 is 0 Å². The lowest BCUT2D eigenvalue weighted by Gasteiger charge is -2.29. The summed E-state index contributed by atoms with van der Waals surface area (Å²) in [5, 5.41) is 12.7. The maximum Gasteiger partial charge on any atom is -0.000719 e. The van der Waals surface area contributed by atoms with Crippen LogP contribution in [-0.4, -0.2) is 0 Å². The lowest BCUT2D eigenvalue weighted by molar-refractivity contribution is 0.568. The summed E-state index contributed by atoms with van der Waals surface area (Å²) in [5.41, 5.74) is 20.5. The molecule has 0 atom stereocenters. The minimum Gasteiger partial charge on any atom is -0.0616 e. The van der Waals surface area contributed by atoms with Gasteiger partial charge in [0, 0.05) is 0 Å². The Morgan fingerprint density at radius 3 is 1.06 bits per heavy atom. The van der Waals surface area contributed by atoms with E-state index in [1.165, 1.54) is 143 Å². The predicted molar refractivity (Wildman–Crippen MR) is 315 cm³/mol. The Balaban J connectivity index is 1.36. The van der Waals surface area contributed by atoms with Crippen LogP contribution in [0, 0.1) is 0 Å². The molecule has 0 unspecified atom stereocenters. The first-order chi connectivity index (χ1) is 34.2. The van der Waals surface area contributed by atoms with Crippen LogP contribution in [0.4, 0.5) is 0 Å². The van der Waals surface area contributed by atoms with Crippen molar-refractivity contribution in [3.63, 3.8) is 0 Å². The topological polar surface area (TPSA) is 0 Å². The Morgan fingerprint density at radius 2 is 0.611 bits per heavy atom. The standard InChI is InChI=1S/C72H66/c1-69(2,3)52-34-50(35-53(39-52)70(4,5)6)64-61-41-59(48-30-28-43-20-13-15-22-45(43)32-48)60(49-31-29-44-21-14-16-23-46(44)33-49)42-62(61)65(51-36-54(71(7,8)9)40-55(37-51)72(10,11)12)68-63-38-47-24-17-18-25-56(47)57-26-19-27-58(66(57)63)67(64)68/h13-42H,1-12H3. The van der Waals surface area contributed by atoms with Gasteiger partial charge in [-0.1, -0.05) is 235 Å². The van der Waals surface area contributed by atoms with Gasteiger partial charge in [-0.3, -0.25) is 0 Å². The quantitative estimate of drug-likeness (QED) is 0.154. The summed E-state index contributed by atoms with van der Waals surface area (Å²) in [6.07, 6.45) is 0.